The van der Waals surface area contributed by atoms with Crippen molar-refractivity contribution < 1.29 is 5.21 Å². The Morgan fingerprint density at radius 3 is 2.68 bits per heavy atom. The molecule has 0 saturated carbocycles. The molecule has 1 atom stereocenters. The van der Waals surface area contributed by atoms with Crippen LogP contribution in [0.5, 0.6) is 0 Å². The van der Waals surface area contributed by atoms with Gasteiger partial charge in [-0.05, 0) is 24.6 Å². The molecule has 2 aromatic carbocycles. The lowest BCUT2D eigenvalue weighted by molar-refractivity contribution is 0.319. The van der Waals surface area contributed by atoms with Gasteiger partial charge in [-0.25, -0.2) is 0 Å². The summed E-state index contributed by atoms with van der Waals surface area (Å²) in [5, 5.41) is 14.8. The summed E-state index contributed by atoms with van der Waals surface area (Å²) in [5.41, 5.74) is 3.67. The van der Waals surface area contributed by atoms with Crippen LogP contribution in [0.2, 0.25) is 0 Å². The summed E-state index contributed by atoms with van der Waals surface area (Å²) in [4.78, 5) is 0. The molecule has 22 heavy (non-hydrogen) atoms. The maximum absolute atomic E-state index is 9.00. The van der Waals surface area contributed by atoms with E-state index >= 15 is 0 Å². The maximum Gasteiger partial charge on any atom is 0.0844 e. The van der Waals surface area contributed by atoms with E-state index in [0.717, 1.165) is 12.2 Å². The molecule has 0 bridgehead atoms. The molecule has 1 aromatic heterocycles. The fraction of sp³-hybridized carbons (Fsp3) is 0.167. The van der Waals surface area contributed by atoms with Gasteiger partial charge in [0.15, 0.2) is 0 Å². The zero-order valence-electron chi connectivity index (χ0n) is 12.0. The molecular formula is C18H16N2OS. The highest BCUT2D eigenvalue weighted by molar-refractivity contribution is 7.99. The number of benzene rings is 2. The van der Waals surface area contributed by atoms with Crippen molar-refractivity contribution in [2.45, 2.75) is 17.4 Å². The molecule has 1 N–H and O–H groups in total. The minimum atomic E-state index is 0.177. The fourth-order valence-corrected chi connectivity index (χ4v) is 4.55. The Kier molecular flexibility index (Phi) is 3.39. The highest BCUT2D eigenvalue weighted by atomic mass is 32.2. The molecule has 3 aromatic rings. The van der Waals surface area contributed by atoms with Gasteiger partial charge >= 0.3 is 0 Å². The second-order valence-corrected chi connectivity index (χ2v) is 6.50. The summed E-state index contributed by atoms with van der Waals surface area (Å²) >= 11 is 1.89. The predicted octanol–water partition coefficient (Wildman–Crippen LogP) is 4.67. The van der Waals surface area contributed by atoms with Crippen LogP contribution in [0, 0.1) is 0 Å². The van der Waals surface area contributed by atoms with E-state index in [4.69, 9.17) is 5.21 Å². The summed E-state index contributed by atoms with van der Waals surface area (Å²) in [5.74, 6) is 1.21. The van der Waals surface area contributed by atoms with E-state index in [1.54, 1.807) is 6.21 Å². The van der Waals surface area contributed by atoms with Crippen LogP contribution in [0.3, 0.4) is 0 Å². The number of thioether (sulfide) groups is 1. The Hall–Kier alpha value is -2.20. The largest absolute Gasteiger partial charge is 0.411 e. The third-order valence-electron chi connectivity index (χ3n) is 4.17. The smallest absolute Gasteiger partial charge is 0.0844 e. The van der Waals surface area contributed by atoms with Gasteiger partial charge in [0.05, 0.1) is 16.8 Å². The Labute approximate surface area is 133 Å². The van der Waals surface area contributed by atoms with E-state index in [2.05, 4.69) is 58.3 Å². The Bertz CT molecular complexity index is 839. The third-order valence-corrected chi connectivity index (χ3v) is 5.28. The van der Waals surface area contributed by atoms with Crippen molar-refractivity contribution in [1.29, 1.82) is 0 Å². The Morgan fingerprint density at radius 1 is 1.09 bits per heavy atom. The number of rotatable bonds is 2. The van der Waals surface area contributed by atoms with Crippen molar-refractivity contribution in [1.82, 2.24) is 4.57 Å². The van der Waals surface area contributed by atoms with Gasteiger partial charge < -0.3 is 9.77 Å². The molecule has 0 fully saturated rings. The number of hydrogen-bond donors (Lipinski definition) is 1. The van der Waals surface area contributed by atoms with E-state index in [-0.39, 0.29) is 5.92 Å². The molecule has 0 spiro atoms. The molecule has 1 aliphatic rings. The Balaban J connectivity index is 2.06. The molecule has 4 heteroatoms. The van der Waals surface area contributed by atoms with E-state index in [9.17, 15) is 0 Å². The molecule has 0 radical (unpaired) electrons. The normalized spacial score (nSPS) is 17.9. The summed E-state index contributed by atoms with van der Waals surface area (Å²) in [6.45, 7) is 0. The zero-order chi connectivity index (χ0) is 14.9. The van der Waals surface area contributed by atoms with Crippen molar-refractivity contribution in [3.63, 3.8) is 0 Å². The molecule has 110 valence electrons. The second-order valence-electron chi connectivity index (χ2n) is 5.42. The molecule has 0 amide bonds. The van der Waals surface area contributed by atoms with Crippen LogP contribution in [0.1, 0.15) is 17.9 Å². The first-order valence-electron chi connectivity index (χ1n) is 7.39. The van der Waals surface area contributed by atoms with Gasteiger partial charge in [-0.3, -0.25) is 0 Å². The van der Waals surface area contributed by atoms with Gasteiger partial charge in [0.1, 0.15) is 0 Å². The first-order valence-corrected chi connectivity index (χ1v) is 8.38. The average molecular weight is 308 g/mol. The zero-order valence-corrected chi connectivity index (χ0v) is 12.8. The predicted molar refractivity (Wildman–Crippen MR) is 91.6 cm³/mol. The third kappa shape index (κ3) is 2.03. The highest BCUT2D eigenvalue weighted by Crippen LogP contribution is 2.44. The van der Waals surface area contributed by atoms with Crippen LogP contribution in [-0.4, -0.2) is 21.7 Å². The fourth-order valence-electron chi connectivity index (χ4n) is 3.23. The summed E-state index contributed by atoms with van der Waals surface area (Å²) in [6.07, 6.45) is 2.67. The number of oxime groups is 1. The minimum Gasteiger partial charge on any atom is -0.411 e. The lowest BCUT2D eigenvalue weighted by Gasteiger charge is -2.20. The molecular weight excluding hydrogens is 292 g/mol. The van der Waals surface area contributed by atoms with Crippen LogP contribution >= 0.6 is 11.8 Å². The number of nitrogens with zero attached hydrogens (tertiary/aromatic N) is 2. The van der Waals surface area contributed by atoms with Crippen molar-refractivity contribution >= 4 is 28.9 Å². The van der Waals surface area contributed by atoms with Gasteiger partial charge in [0.25, 0.3) is 0 Å². The number of fused-ring (bicyclic) bond motifs is 3. The maximum atomic E-state index is 9.00. The minimum absolute atomic E-state index is 0.177. The van der Waals surface area contributed by atoms with Crippen LogP contribution in [-0.2, 0) is 0 Å². The van der Waals surface area contributed by atoms with E-state index in [1.807, 2.05) is 17.8 Å². The first-order chi connectivity index (χ1) is 10.9. The standard InChI is InChI=1S/C18H16N2OS/c21-19-12-13-10-11-22-18-17(13)15-8-4-5-9-16(15)20(18)14-6-2-1-3-7-14/h1-9,12-13,21H,10-11H2. The average Bonchev–Trinajstić information content (AvgIpc) is 2.91. The van der Waals surface area contributed by atoms with Crippen LogP contribution in [0.25, 0.3) is 16.6 Å². The topological polar surface area (TPSA) is 37.5 Å². The summed E-state index contributed by atoms with van der Waals surface area (Å²) in [7, 11) is 0. The SMILES string of the molecule is ON=CC1CCSc2c1c1ccccc1n2-c1ccccc1. The number of hydrogen-bond acceptors (Lipinski definition) is 3. The Morgan fingerprint density at radius 2 is 1.86 bits per heavy atom. The molecule has 2 heterocycles. The molecule has 1 unspecified atom stereocenters. The monoisotopic (exact) mass is 308 g/mol. The van der Waals surface area contributed by atoms with Gasteiger partial charge in [0.2, 0.25) is 0 Å². The van der Waals surface area contributed by atoms with Crippen molar-refractivity contribution in [2.75, 3.05) is 5.75 Å². The lowest BCUT2D eigenvalue weighted by atomic mass is 9.97. The van der Waals surface area contributed by atoms with E-state index in [0.29, 0.717) is 0 Å². The molecule has 3 nitrogen and oxygen atoms in total. The van der Waals surface area contributed by atoms with Crippen LogP contribution in [0.15, 0.2) is 64.8 Å². The second kappa shape index (κ2) is 5.54. The lowest BCUT2D eigenvalue weighted by Crippen LogP contribution is -2.09. The van der Waals surface area contributed by atoms with Crippen molar-refractivity contribution in [3.05, 3.63) is 60.2 Å². The van der Waals surface area contributed by atoms with Gasteiger partial charge in [0, 0.05) is 28.3 Å². The van der Waals surface area contributed by atoms with Gasteiger partial charge in [-0.1, -0.05) is 36.4 Å². The van der Waals surface area contributed by atoms with E-state index in [1.165, 1.54) is 27.2 Å². The van der Waals surface area contributed by atoms with Crippen LogP contribution in [0.4, 0.5) is 0 Å². The summed E-state index contributed by atoms with van der Waals surface area (Å²) < 4.78 is 2.33. The summed E-state index contributed by atoms with van der Waals surface area (Å²) in [6, 6.07) is 18.9. The highest BCUT2D eigenvalue weighted by Gasteiger charge is 2.27. The van der Waals surface area contributed by atoms with Gasteiger partial charge in [-0.2, -0.15) is 0 Å². The van der Waals surface area contributed by atoms with Crippen molar-refractivity contribution in [2.24, 2.45) is 5.16 Å². The quantitative estimate of drug-likeness (QED) is 0.424. The van der Waals surface area contributed by atoms with Crippen LogP contribution < -0.4 is 0 Å². The number of aromatic nitrogens is 1. The number of para-hydroxylation sites is 2. The van der Waals surface area contributed by atoms with E-state index < -0.39 is 0 Å². The van der Waals surface area contributed by atoms with Gasteiger partial charge in [-0.15, -0.1) is 16.9 Å². The molecule has 4 rings (SSSR count). The van der Waals surface area contributed by atoms with Crippen molar-refractivity contribution in [3.8, 4) is 5.69 Å². The molecule has 0 aliphatic carbocycles. The molecule has 0 saturated heterocycles. The first kappa shape index (κ1) is 13.5. The molecule has 1 aliphatic heterocycles.